The third kappa shape index (κ3) is 6.28. The fourth-order valence-corrected chi connectivity index (χ4v) is 3.45. The molecular weight excluding hydrogens is 312 g/mol. The Morgan fingerprint density at radius 1 is 0.880 bits per heavy atom. The molecule has 2 rings (SSSR count). The summed E-state index contributed by atoms with van der Waals surface area (Å²) in [6, 6.07) is 6.52. The molecule has 0 atom stereocenters. The summed E-state index contributed by atoms with van der Waals surface area (Å²) in [6.07, 6.45) is 0. The van der Waals surface area contributed by atoms with Crippen LogP contribution in [0.15, 0.2) is 18.2 Å². The third-order valence-corrected chi connectivity index (χ3v) is 5.20. The van der Waals surface area contributed by atoms with Gasteiger partial charge >= 0.3 is 0 Å². The molecule has 2 N–H and O–H groups in total. The molecule has 0 radical (unpaired) electrons. The van der Waals surface area contributed by atoms with Crippen LogP contribution in [0.2, 0.25) is 0 Å². The van der Waals surface area contributed by atoms with Crippen molar-refractivity contribution in [3.63, 3.8) is 0 Å². The summed E-state index contributed by atoms with van der Waals surface area (Å²) in [5.74, 6) is 2.01. The topological polar surface area (TPSA) is 27.3 Å². The van der Waals surface area contributed by atoms with E-state index in [0.29, 0.717) is 25.0 Å². The fourth-order valence-electron chi connectivity index (χ4n) is 3.45. The minimum absolute atomic E-state index is 0.470. The number of rotatable bonds is 9. The Morgan fingerprint density at radius 3 is 2.04 bits per heavy atom. The lowest BCUT2D eigenvalue weighted by atomic mass is 9.94. The predicted molar refractivity (Wildman–Crippen MR) is 103 cm³/mol. The van der Waals surface area contributed by atoms with Gasteiger partial charge in [-0.15, -0.1) is 0 Å². The van der Waals surface area contributed by atoms with E-state index in [4.69, 9.17) is 9.47 Å². The second-order valence-corrected chi connectivity index (χ2v) is 7.99. The van der Waals surface area contributed by atoms with Gasteiger partial charge in [-0.3, -0.25) is 0 Å². The molecule has 1 heterocycles. The highest BCUT2D eigenvalue weighted by Gasteiger charge is 2.19. The van der Waals surface area contributed by atoms with Crippen LogP contribution in [0.1, 0.15) is 50.7 Å². The van der Waals surface area contributed by atoms with Gasteiger partial charge in [-0.25, -0.2) is 0 Å². The van der Waals surface area contributed by atoms with Gasteiger partial charge in [-0.1, -0.05) is 45.9 Å². The van der Waals surface area contributed by atoms with E-state index >= 15 is 0 Å². The standard InChI is InChI=1S/C21H36N2O2/c1-17(2)19-7-6-8-20(18(3)4)21(19)25-16-15-24-14-13-23-11-9-22(5)10-12-23/h6-8,17-18H,9-16H2,1-5H3/p+2. The molecule has 0 amide bonds. The van der Waals surface area contributed by atoms with Crippen molar-refractivity contribution in [3.05, 3.63) is 29.3 Å². The summed E-state index contributed by atoms with van der Waals surface area (Å²) in [5, 5.41) is 0. The molecule has 1 saturated heterocycles. The lowest BCUT2D eigenvalue weighted by Crippen LogP contribution is -3.27. The van der Waals surface area contributed by atoms with E-state index in [2.05, 4.69) is 52.9 Å². The number of hydrogen-bond donors (Lipinski definition) is 2. The van der Waals surface area contributed by atoms with E-state index in [1.54, 1.807) is 9.80 Å². The molecule has 0 spiro atoms. The highest BCUT2D eigenvalue weighted by atomic mass is 16.5. The van der Waals surface area contributed by atoms with Crippen LogP contribution >= 0.6 is 0 Å². The van der Waals surface area contributed by atoms with Gasteiger partial charge < -0.3 is 19.3 Å². The predicted octanol–water partition coefficient (Wildman–Crippen LogP) is 0.742. The first-order valence-electron chi connectivity index (χ1n) is 9.97. The Balaban J connectivity index is 1.74. The number of benzene rings is 1. The molecule has 0 aromatic heterocycles. The van der Waals surface area contributed by atoms with Crippen molar-refractivity contribution in [3.8, 4) is 5.75 Å². The van der Waals surface area contributed by atoms with Crippen LogP contribution in [0, 0.1) is 0 Å². The highest BCUT2D eigenvalue weighted by Crippen LogP contribution is 2.34. The van der Waals surface area contributed by atoms with Crippen molar-refractivity contribution in [2.45, 2.75) is 39.5 Å². The minimum Gasteiger partial charge on any atom is -0.491 e. The van der Waals surface area contributed by atoms with Gasteiger partial charge in [0.25, 0.3) is 0 Å². The average molecular weight is 351 g/mol. The molecule has 4 nitrogen and oxygen atoms in total. The maximum absolute atomic E-state index is 6.16. The maximum atomic E-state index is 6.16. The third-order valence-electron chi connectivity index (χ3n) is 5.20. The van der Waals surface area contributed by atoms with Crippen molar-refractivity contribution in [2.24, 2.45) is 0 Å². The van der Waals surface area contributed by atoms with Gasteiger partial charge in [0.05, 0.1) is 20.3 Å². The van der Waals surface area contributed by atoms with Crippen LogP contribution in [0.4, 0.5) is 0 Å². The zero-order valence-electron chi connectivity index (χ0n) is 16.9. The van der Waals surface area contributed by atoms with Crippen molar-refractivity contribution in [2.75, 3.05) is 59.6 Å². The Bertz CT molecular complexity index is 482. The molecule has 0 unspecified atom stereocenters. The summed E-state index contributed by atoms with van der Waals surface area (Å²) >= 11 is 0. The van der Waals surface area contributed by atoms with E-state index < -0.39 is 0 Å². The van der Waals surface area contributed by atoms with Gasteiger partial charge in [0.2, 0.25) is 0 Å². The second-order valence-electron chi connectivity index (χ2n) is 7.99. The van der Waals surface area contributed by atoms with Crippen molar-refractivity contribution in [1.82, 2.24) is 0 Å². The highest BCUT2D eigenvalue weighted by molar-refractivity contribution is 5.44. The van der Waals surface area contributed by atoms with E-state index in [1.165, 1.54) is 37.3 Å². The molecular formula is C21H38N2O2+2. The summed E-state index contributed by atoms with van der Waals surface area (Å²) in [7, 11) is 2.28. The van der Waals surface area contributed by atoms with Gasteiger partial charge in [0.15, 0.2) is 0 Å². The fraction of sp³-hybridized carbons (Fsp3) is 0.714. The zero-order valence-corrected chi connectivity index (χ0v) is 16.9. The van der Waals surface area contributed by atoms with Gasteiger partial charge in [-0.2, -0.15) is 0 Å². The quantitative estimate of drug-likeness (QED) is 0.643. The first-order valence-corrected chi connectivity index (χ1v) is 9.97. The summed E-state index contributed by atoms with van der Waals surface area (Å²) < 4.78 is 12.0. The number of para-hydroxylation sites is 1. The normalized spacial score (nSPS) is 21.1. The lowest BCUT2D eigenvalue weighted by molar-refractivity contribution is -1.00. The SMILES string of the molecule is CC(C)c1cccc(C(C)C)c1OCCOCC[NH+]1CC[NH+](C)CC1. The van der Waals surface area contributed by atoms with E-state index in [1.807, 2.05) is 0 Å². The molecule has 4 heteroatoms. The van der Waals surface area contributed by atoms with Gasteiger partial charge in [-0.05, 0) is 23.0 Å². The molecule has 1 aliphatic rings. The first kappa shape index (κ1) is 20.2. The lowest BCUT2D eigenvalue weighted by Gasteiger charge is -2.27. The average Bonchev–Trinajstić information content (AvgIpc) is 2.59. The van der Waals surface area contributed by atoms with E-state index in [-0.39, 0.29) is 0 Å². The number of hydrogen-bond acceptors (Lipinski definition) is 2. The molecule has 0 saturated carbocycles. The monoisotopic (exact) mass is 350 g/mol. The van der Waals surface area contributed by atoms with Crippen LogP contribution in [-0.4, -0.2) is 59.6 Å². The van der Waals surface area contributed by atoms with Crippen LogP contribution in [-0.2, 0) is 4.74 Å². The van der Waals surface area contributed by atoms with Crippen molar-refractivity contribution in [1.29, 1.82) is 0 Å². The van der Waals surface area contributed by atoms with Crippen molar-refractivity contribution < 1.29 is 19.3 Å². The summed E-state index contributed by atoms with van der Waals surface area (Å²) in [5.41, 5.74) is 2.60. The van der Waals surface area contributed by atoms with Crippen LogP contribution < -0.4 is 14.5 Å². The Morgan fingerprint density at radius 2 is 1.48 bits per heavy atom. The maximum Gasteiger partial charge on any atom is 0.127 e. The van der Waals surface area contributed by atoms with Gasteiger partial charge in [0.1, 0.15) is 45.1 Å². The van der Waals surface area contributed by atoms with Crippen molar-refractivity contribution >= 4 is 0 Å². The van der Waals surface area contributed by atoms with Crippen LogP contribution in [0.25, 0.3) is 0 Å². The molecule has 1 aliphatic heterocycles. The molecule has 25 heavy (non-hydrogen) atoms. The Kier molecular flexibility index (Phi) is 8.20. The number of quaternary nitrogens is 2. The second kappa shape index (κ2) is 10.1. The molecule has 142 valence electrons. The minimum atomic E-state index is 0.470. The summed E-state index contributed by atoms with van der Waals surface area (Å²) in [6.45, 7) is 17.3. The Hall–Kier alpha value is -1.10. The largest absolute Gasteiger partial charge is 0.491 e. The molecule has 1 aromatic carbocycles. The van der Waals surface area contributed by atoms with E-state index in [0.717, 1.165) is 18.9 Å². The van der Waals surface area contributed by atoms with Gasteiger partial charge in [0, 0.05) is 0 Å². The number of piperazine rings is 1. The first-order chi connectivity index (χ1) is 12.0. The van der Waals surface area contributed by atoms with Crippen LogP contribution in [0.3, 0.4) is 0 Å². The zero-order chi connectivity index (χ0) is 18.2. The molecule has 0 aliphatic carbocycles. The number of nitrogens with one attached hydrogen (secondary N) is 2. The Labute approximate surface area is 154 Å². The van der Waals surface area contributed by atoms with E-state index in [9.17, 15) is 0 Å². The van der Waals surface area contributed by atoms with Crippen LogP contribution in [0.5, 0.6) is 5.75 Å². The summed E-state index contributed by atoms with van der Waals surface area (Å²) in [4.78, 5) is 3.33. The number of ether oxygens (including phenoxy) is 2. The molecule has 0 bridgehead atoms. The molecule has 1 aromatic rings. The molecule has 1 fully saturated rings. The number of likely N-dealkylation sites (N-methyl/N-ethyl adjacent to an activating group) is 1. The smallest absolute Gasteiger partial charge is 0.127 e.